The van der Waals surface area contributed by atoms with Crippen molar-refractivity contribution in [2.75, 3.05) is 43.5 Å². The minimum Gasteiger partial charge on any atom is -0.461 e. The van der Waals surface area contributed by atoms with Gasteiger partial charge in [-0.15, -0.1) is 11.3 Å². The molecule has 4 aliphatic rings. The van der Waals surface area contributed by atoms with Gasteiger partial charge in [-0.3, -0.25) is 4.90 Å². The summed E-state index contributed by atoms with van der Waals surface area (Å²) in [5, 5.41) is 9.32. The number of hydrogen-bond donors (Lipinski definition) is 1. The number of rotatable bonds is 5. The Morgan fingerprint density at radius 2 is 1.94 bits per heavy atom. The number of nitriles is 1. The average molecular weight is 675 g/mol. The molecule has 47 heavy (non-hydrogen) atoms. The first-order valence-corrected chi connectivity index (χ1v) is 16.2. The predicted molar refractivity (Wildman–Crippen MR) is 163 cm³/mol. The second kappa shape index (κ2) is 10.8. The minimum atomic E-state index is -5.06. The molecule has 2 aromatic carbocycles. The van der Waals surface area contributed by atoms with E-state index in [0.717, 1.165) is 24.6 Å². The number of benzene rings is 2. The van der Waals surface area contributed by atoms with Crippen molar-refractivity contribution in [1.82, 2.24) is 14.9 Å². The molecule has 4 aliphatic heterocycles. The highest BCUT2D eigenvalue weighted by Crippen LogP contribution is 2.49. The molecule has 4 saturated heterocycles. The highest BCUT2D eigenvalue weighted by molar-refractivity contribution is 7.23. The van der Waals surface area contributed by atoms with E-state index < -0.39 is 46.2 Å². The van der Waals surface area contributed by atoms with E-state index in [1.54, 1.807) is 0 Å². The third-order valence-corrected chi connectivity index (χ3v) is 11.1. The molecule has 0 saturated carbocycles. The minimum absolute atomic E-state index is 0.0295. The maximum Gasteiger partial charge on any atom is 0.417 e. The smallest absolute Gasteiger partial charge is 0.417 e. The topological polar surface area (TPSA) is 101 Å². The molecule has 6 heterocycles. The number of aromatic nitrogens is 2. The lowest BCUT2D eigenvalue weighted by atomic mass is 9.92. The van der Waals surface area contributed by atoms with E-state index in [9.17, 15) is 27.2 Å². The molecule has 4 fully saturated rings. The van der Waals surface area contributed by atoms with E-state index in [1.807, 2.05) is 15.9 Å². The van der Waals surface area contributed by atoms with Crippen molar-refractivity contribution in [3.05, 3.63) is 41.0 Å². The summed E-state index contributed by atoms with van der Waals surface area (Å²) in [6.45, 7) is 1.68. The summed E-state index contributed by atoms with van der Waals surface area (Å²) in [5.74, 6) is -2.03. The van der Waals surface area contributed by atoms with Crippen molar-refractivity contribution in [3.63, 3.8) is 0 Å². The van der Waals surface area contributed by atoms with Gasteiger partial charge in [0.15, 0.2) is 5.82 Å². The van der Waals surface area contributed by atoms with Crippen LogP contribution in [-0.4, -0.2) is 71.6 Å². The van der Waals surface area contributed by atoms with Crippen LogP contribution in [0.3, 0.4) is 0 Å². The fourth-order valence-electron chi connectivity index (χ4n) is 8.07. The van der Waals surface area contributed by atoms with Gasteiger partial charge in [-0.25, -0.2) is 13.2 Å². The van der Waals surface area contributed by atoms with Gasteiger partial charge in [0.25, 0.3) is 0 Å². The van der Waals surface area contributed by atoms with Crippen LogP contribution in [0.1, 0.15) is 43.2 Å². The molecule has 0 spiro atoms. The number of halogens is 6. The van der Waals surface area contributed by atoms with Crippen LogP contribution in [0.5, 0.6) is 6.01 Å². The number of nitrogen functional groups attached to an aromatic ring is 1. The number of thiophene rings is 1. The van der Waals surface area contributed by atoms with Crippen LogP contribution >= 0.6 is 11.3 Å². The first kappa shape index (κ1) is 30.5. The summed E-state index contributed by atoms with van der Waals surface area (Å²) in [4.78, 5) is 12.8. The van der Waals surface area contributed by atoms with Gasteiger partial charge in [0.2, 0.25) is 0 Å². The van der Waals surface area contributed by atoms with Crippen LogP contribution in [-0.2, 0) is 10.9 Å². The number of morpholine rings is 1. The van der Waals surface area contributed by atoms with Gasteiger partial charge in [-0.2, -0.15) is 28.4 Å². The van der Waals surface area contributed by atoms with Crippen LogP contribution in [0, 0.1) is 23.0 Å². The summed E-state index contributed by atoms with van der Waals surface area (Å²) in [6.07, 6.45) is -2.85. The molecular weight excluding hydrogens is 646 g/mol. The molecule has 0 amide bonds. The Morgan fingerprint density at radius 1 is 1.17 bits per heavy atom. The molecule has 15 heteroatoms. The Morgan fingerprint density at radius 3 is 2.66 bits per heavy atom. The largest absolute Gasteiger partial charge is 0.461 e. The van der Waals surface area contributed by atoms with Crippen LogP contribution in [0.15, 0.2) is 18.2 Å². The fourth-order valence-corrected chi connectivity index (χ4v) is 9.02. The number of ether oxygens (including phenoxy) is 2. The Hall–Kier alpha value is -3.87. The lowest BCUT2D eigenvalue weighted by Crippen LogP contribution is -2.46. The molecule has 8 nitrogen and oxygen atoms in total. The van der Waals surface area contributed by atoms with Crippen LogP contribution in [0.4, 0.5) is 37.2 Å². The predicted octanol–water partition coefficient (Wildman–Crippen LogP) is 6.59. The summed E-state index contributed by atoms with van der Waals surface area (Å²) in [7, 11) is 0. The van der Waals surface area contributed by atoms with Gasteiger partial charge in [0, 0.05) is 29.3 Å². The van der Waals surface area contributed by atoms with E-state index >= 15 is 4.39 Å². The molecule has 4 aromatic rings. The third kappa shape index (κ3) is 4.70. The Labute approximate surface area is 268 Å². The van der Waals surface area contributed by atoms with Gasteiger partial charge in [0.05, 0.1) is 46.7 Å². The van der Waals surface area contributed by atoms with Gasteiger partial charge < -0.3 is 20.1 Å². The monoisotopic (exact) mass is 674 g/mol. The van der Waals surface area contributed by atoms with Crippen LogP contribution in [0.2, 0.25) is 0 Å². The van der Waals surface area contributed by atoms with Crippen molar-refractivity contribution in [1.29, 1.82) is 5.26 Å². The molecule has 2 aromatic heterocycles. The van der Waals surface area contributed by atoms with E-state index in [0.29, 0.717) is 50.4 Å². The average Bonchev–Trinajstić information content (AvgIpc) is 3.73. The number of fused-ring (bicyclic) bond motifs is 5. The molecule has 4 atom stereocenters. The Bertz CT molecular complexity index is 1960. The summed E-state index contributed by atoms with van der Waals surface area (Å²) >= 11 is 0.700. The Balaban J connectivity index is 1.36. The number of alkyl halides is 4. The van der Waals surface area contributed by atoms with Crippen LogP contribution < -0.4 is 15.4 Å². The normalized spacial score (nSPS) is 26.0. The fraction of sp³-hybridized carbons (Fsp3) is 0.469. The van der Waals surface area contributed by atoms with Crippen molar-refractivity contribution < 1.29 is 35.8 Å². The highest BCUT2D eigenvalue weighted by atomic mass is 32.1. The first-order valence-electron chi connectivity index (χ1n) is 15.4. The van der Waals surface area contributed by atoms with E-state index in [-0.39, 0.29) is 75.1 Å². The van der Waals surface area contributed by atoms with Crippen molar-refractivity contribution in [2.45, 2.75) is 62.1 Å². The molecule has 0 aliphatic carbocycles. The van der Waals surface area contributed by atoms with Crippen molar-refractivity contribution >= 4 is 43.1 Å². The SMILES string of the molecule is N#Cc1c(N)sc2c(F)ccc(-c3c(C(F)(F)F)cc4c(N5C6CCC5COC6)nc(OCC56CCCN5CC(F)C6)nc4c3F)c12. The zero-order valence-electron chi connectivity index (χ0n) is 24.8. The maximum atomic E-state index is 17.0. The quantitative estimate of drug-likeness (QED) is 0.237. The van der Waals surface area contributed by atoms with Crippen molar-refractivity contribution in [2.24, 2.45) is 0 Å². The van der Waals surface area contributed by atoms with E-state index in [2.05, 4.69) is 9.97 Å². The zero-order chi connectivity index (χ0) is 32.8. The van der Waals surface area contributed by atoms with Gasteiger partial charge in [-0.1, -0.05) is 6.07 Å². The lowest BCUT2D eigenvalue weighted by Gasteiger charge is -2.36. The summed E-state index contributed by atoms with van der Waals surface area (Å²) in [6, 6.07) is 3.95. The second-order valence-electron chi connectivity index (χ2n) is 12.8. The second-order valence-corrected chi connectivity index (χ2v) is 13.8. The third-order valence-electron chi connectivity index (χ3n) is 10.1. The molecule has 2 bridgehead atoms. The standard InChI is InChI=1S/C32H28F6N6O2S/c33-15-9-31(6-1-7-43(31)11-15)14-46-30-41-26-19(29(42-30)44-16-2-3-17(44)13-45-12-16)8-21(32(36,37)38)24(25(26)35)18-4-5-22(34)27-23(18)20(10-39)28(40)47-27/h4-5,8,15-17H,1-3,6-7,9,11-14,40H2. The number of nitrogens with two attached hydrogens (primary N) is 1. The van der Waals surface area contributed by atoms with Gasteiger partial charge in [-0.05, 0) is 49.9 Å². The van der Waals surface area contributed by atoms with Gasteiger partial charge >= 0.3 is 12.2 Å². The Kier molecular flexibility index (Phi) is 7.02. The molecule has 0 radical (unpaired) electrons. The molecule has 246 valence electrons. The lowest BCUT2D eigenvalue weighted by molar-refractivity contribution is -0.137. The van der Waals surface area contributed by atoms with Crippen LogP contribution in [0.25, 0.3) is 32.1 Å². The number of anilines is 2. The van der Waals surface area contributed by atoms with E-state index in [4.69, 9.17) is 15.2 Å². The van der Waals surface area contributed by atoms with Gasteiger partial charge in [0.1, 0.15) is 41.0 Å². The number of hydrogen-bond acceptors (Lipinski definition) is 9. The summed E-state index contributed by atoms with van der Waals surface area (Å²) < 4.78 is 103. The first-order chi connectivity index (χ1) is 22.5. The van der Waals surface area contributed by atoms with Crippen molar-refractivity contribution in [3.8, 4) is 23.2 Å². The number of nitrogens with zero attached hydrogens (tertiary/aromatic N) is 5. The highest BCUT2D eigenvalue weighted by Gasteiger charge is 2.50. The molecule has 8 rings (SSSR count). The summed E-state index contributed by atoms with van der Waals surface area (Å²) in [5.41, 5.74) is 2.15. The zero-order valence-corrected chi connectivity index (χ0v) is 25.7. The van der Waals surface area contributed by atoms with E-state index in [1.165, 1.54) is 0 Å². The molecular formula is C32H28F6N6O2S. The molecule has 2 N–H and O–H groups in total. The maximum absolute atomic E-state index is 17.0. The molecule has 4 unspecified atom stereocenters.